The van der Waals surface area contributed by atoms with Crippen molar-refractivity contribution in [3.8, 4) is 29.1 Å². The van der Waals surface area contributed by atoms with Gasteiger partial charge in [0.25, 0.3) is 0 Å². The van der Waals surface area contributed by atoms with Crippen molar-refractivity contribution in [2.24, 2.45) is 5.73 Å². The summed E-state index contributed by atoms with van der Waals surface area (Å²) in [7, 11) is 0. The molecule has 0 spiro atoms. The van der Waals surface area contributed by atoms with E-state index in [2.05, 4.69) is 6.07 Å². The van der Waals surface area contributed by atoms with Gasteiger partial charge in [0, 0.05) is 11.6 Å². The predicted molar refractivity (Wildman–Crippen MR) is 150 cm³/mol. The molecular formula is C33H27FN2O5. The second kappa shape index (κ2) is 11.8. The lowest BCUT2D eigenvalue weighted by Crippen LogP contribution is -2.21. The van der Waals surface area contributed by atoms with Gasteiger partial charge in [0.2, 0.25) is 5.88 Å². The van der Waals surface area contributed by atoms with Gasteiger partial charge in [-0.3, -0.25) is 0 Å². The van der Waals surface area contributed by atoms with Gasteiger partial charge in [-0.1, -0.05) is 36.4 Å². The van der Waals surface area contributed by atoms with E-state index in [9.17, 15) is 14.4 Å². The molecule has 2 N–H and O–H groups in total. The van der Waals surface area contributed by atoms with Gasteiger partial charge in [-0.05, 0) is 78.6 Å². The van der Waals surface area contributed by atoms with E-state index in [1.54, 1.807) is 48.5 Å². The van der Waals surface area contributed by atoms with Gasteiger partial charge < -0.3 is 24.7 Å². The SMILES string of the molecule is Cc1ccc(OCC(=O)Oc2ccc3c(c2)OC(N)=C(C#N)C3c2ccc(OCc3ccc(F)cc3)cc2)cc1C. The summed E-state index contributed by atoms with van der Waals surface area (Å²) in [6.45, 7) is 3.99. The second-order valence-corrected chi connectivity index (χ2v) is 9.62. The van der Waals surface area contributed by atoms with Crippen molar-refractivity contribution in [1.29, 1.82) is 5.26 Å². The Morgan fingerprint density at radius 1 is 0.902 bits per heavy atom. The standard InChI is InChI=1S/C33H27FN2O5/c1-20-3-10-26(15-21(20)2)39-19-31(37)40-27-13-14-28-30(16-27)41-33(36)29(17-35)32(28)23-6-11-25(12-7-23)38-18-22-4-8-24(34)9-5-22/h3-16,32H,18-19,36H2,1-2H3. The van der Waals surface area contributed by atoms with E-state index in [-0.39, 0.29) is 36.2 Å². The molecular weight excluding hydrogens is 523 g/mol. The third-order valence-electron chi connectivity index (χ3n) is 6.79. The molecule has 4 aromatic rings. The van der Waals surface area contributed by atoms with Crippen LogP contribution in [0.4, 0.5) is 4.39 Å². The molecule has 5 rings (SSSR count). The number of nitriles is 1. The zero-order chi connectivity index (χ0) is 28.9. The quantitative estimate of drug-likeness (QED) is 0.205. The molecule has 8 heteroatoms. The lowest BCUT2D eigenvalue weighted by atomic mass is 9.83. The van der Waals surface area contributed by atoms with Gasteiger partial charge in [-0.25, -0.2) is 9.18 Å². The molecule has 0 fully saturated rings. The van der Waals surface area contributed by atoms with Crippen LogP contribution in [0.15, 0.2) is 96.4 Å². The van der Waals surface area contributed by atoms with Crippen molar-refractivity contribution in [3.05, 3.63) is 130 Å². The number of allylic oxidation sites excluding steroid dienone is 1. The Labute approximate surface area is 237 Å². The highest BCUT2D eigenvalue weighted by Crippen LogP contribution is 2.43. The summed E-state index contributed by atoms with van der Waals surface area (Å²) in [5, 5.41) is 9.86. The summed E-state index contributed by atoms with van der Waals surface area (Å²) in [6.07, 6.45) is 0. The molecule has 0 aliphatic carbocycles. The predicted octanol–water partition coefficient (Wildman–Crippen LogP) is 6.22. The summed E-state index contributed by atoms with van der Waals surface area (Å²) in [5.74, 6) is 0.436. The fraction of sp³-hybridized carbons (Fsp3) is 0.152. The van der Waals surface area contributed by atoms with E-state index in [4.69, 9.17) is 24.7 Å². The number of hydrogen-bond donors (Lipinski definition) is 1. The maximum absolute atomic E-state index is 13.1. The molecule has 0 radical (unpaired) electrons. The number of halogens is 1. The average molecular weight is 551 g/mol. The zero-order valence-electron chi connectivity index (χ0n) is 22.5. The molecule has 0 saturated carbocycles. The van der Waals surface area contributed by atoms with Crippen LogP contribution in [0.2, 0.25) is 0 Å². The van der Waals surface area contributed by atoms with Crippen LogP contribution in [-0.4, -0.2) is 12.6 Å². The first-order valence-corrected chi connectivity index (χ1v) is 12.9. The van der Waals surface area contributed by atoms with Crippen LogP contribution in [-0.2, 0) is 11.4 Å². The number of benzene rings is 4. The monoisotopic (exact) mass is 550 g/mol. The number of nitrogens with zero attached hydrogens (tertiary/aromatic N) is 1. The number of esters is 1. The van der Waals surface area contributed by atoms with Crippen molar-refractivity contribution in [1.82, 2.24) is 0 Å². The second-order valence-electron chi connectivity index (χ2n) is 9.62. The van der Waals surface area contributed by atoms with E-state index >= 15 is 0 Å². The Balaban J connectivity index is 1.29. The Morgan fingerprint density at radius 3 is 2.32 bits per heavy atom. The van der Waals surface area contributed by atoms with E-state index in [0.29, 0.717) is 22.8 Å². The zero-order valence-corrected chi connectivity index (χ0v) is 22.5. The first-order valence-electron chi connectivity index (χ1n) is 12.9. The van der Waals surface area contributed by atoms with Crippen LogP contribution in [0.5, 0.6) is 23.0 Å². The van der Waals surface area contributed by atoms with Gasteiger partial charge >= 0.3 is 5.97 Å². The largest absolute Gasteiger partial charge is 0.489 e. The van der Waals surface area contributed by atoms with Crippen LogP contribution >= 0.6 is 0 Å². The first-order chi connectivity index (χ1) is 19.8. The molecule has 41 heavy (non-hydrogen) atoms. The molecule has 0 amide bonds. The number of hydrogen-bond acceptors (Lipinski definition) is 7. The lowest BCUT2D eigenvalue weighted by molar-refractivity contribution is -0.136. The highest BCUT2D eigenvalue weighted by molar-refractivity contribution is 5.74. The van der Waals surface area contributed by atoms with Gasteiger partial charge in [-0.2, -0.15) is 5.26 Å². The number of fused-ring (bicyclic) bond motifs is 1. The Kier molecular flexibility index (Phi) is 7.88. The fourth-order valence-electron chi connectivity index (χ4n) is 4.45. The minimum Gasteiger partial charge on any atom is -0.489 e. The van der Waals surface area contributed by atoms with Gasteiger partial charge in [0.15, 0.2) is 6.61 Å². The summed E-state index contributed by atoms with van der Waals surface area (Å²) < 4.78 is 35.7. The molecule has 206 valence electrons. The average Bonchev–Trinajstić information content (AvgIpc) is 2.97. The molecule has 0 aromatic heterocycles. The topological polar surface area (TPSA) is 104 Å². The summed E-state index contributed by atoms with van der Waals surface area (Å²) >= 11 is 0. The number of carbonyl (C=O) groups is 1. The van der Waals surface area contributed by atoms with Crippen molar-refractivity contribution >= 4 is 5.97 Å². The number of rotatable bonds is 8. The van der Waals surface area contributed by atoms with Crippen molar-refractivity contribution in [3.63, 3.8) is 0 Å². The van der Waals surface area contributed by atoms with Crippen molar-refractivity contribution in [2.75, 3.05) is 6.61 Å². The summed E-state index contributed by atoms with van der Waals surface area (Å²) in [5.41, 5.74) is 10.9. The van der Waals surface area contributed by atoms with Gasteiger partial charge in [0.1, 0.15) is 47.1 Å². The van der Waals surface area contributed by atoms with Crippen LogP contribution in [0.3, 0.4) is 0 Å². The highest BCUT2D eigenvalue weighted by atomic mass is 19.1. The molecule has 0 saturated heterocycles. The number of nitrogens with two attached hydrogens (primary N) is 1. The van der Waals surface area contributed by atoms with Crippen LogP contribution < -0.4 is 24.7 Å². The number of carbonyl (C=O) groups excluding carboxylic acids is 1. The molecule has 1 unspecified atom stereocenters. The first kappa shape index (κ1) is 27.3. The maximum atomic E-state index is 13.1. The van der Waals surface area contributed by atoms with E-state index < -0.39 is 11.9 Å². The van der Waals surface area contributed by atoms with Crippen LogP contribution in [0, 0.1) is 31.0 Å². The maximum Gasteiger partial charge on any atom is 0.349 e. The third-order valence-corrected chi connectivity index (χ3v) is 6.79. The van der Waals surface area contributed by atoms with E-state index in [1.165, 1.54) is 12.1 Å². The minimum atomic E-state index is -0.576. The molecule has 0 bridgehead atoms. The Hall–Kier alpha value is -5.29. The third kappa shape index (κ3) is 6.31. The van der Waals surface area contributed by atoms with Crippen LogP contribution in [0.1, 0.15) is 33.7 Å². The lowest BCUT2D eigenvalue weighted by Gasteiger charge is -2.26. The van der Waals surface area contributed by atoms with Crippen LogP contribution in [0.25, 0.3) is 0 Å². The minimum absolute atomic E-state index is 0.0248. The summed E-state index contributed by atoms with van der Waals surface area (Å²) in [4.78, 5) is 12.5. The molecule has 1 atom stereocenters. The van der Waals surface area contributed by atoms with Gasteiger partial charge in [-0.15, -0.1) is 0 Å². The molecule has 1 aliphatic heterocycles. The van der Waals surface area contributed by atoms with Crippen molar-refractivity contribution < 1.29 is 28.1 Å². The number of ether oxygens (including phenoxy) is 4. The molecule has 1 aliphatic rings. The molecule has 7 nitrogen and oxygen atoms in total. The Morgan fingerprint density at radius 2 is 1.61 bits per heavy atom. The van der Waals surface area contributed by atoms with Gasteiger partial charge in [0.05, 0.1) is 5.92 Å². The van der Waals surface area contributed by atoms with Crippen molar-refractivity contribution in [2.45, 2.75) is 26.4 Å². The molecule has 4 aromatic carbocycles. The number of aryl methyl sites for hydroxylation is 2. The highest BCUT2D eigenvalue weighted by Gasteiger charge is 2.31. The normalized spacial score (nSPS) is 14.0. The smallest absolute Gasteiger partial charge is 0.349 e. The fourth-order valence-corrected chi connectivity index (χ4v) is 4.45. The van der Waals surface area contributed by atoms with E-state index in [1.807, 2.05) is 38.1 Å². The molecule has 1 heterocycles. The van der Waals surface area contributed by atoms with E-state index in [0.717, 1.165) is 22.3 Å². The summed E-state index contributed by atoms with van der Waals surface area (Å²) in [6, 6.07) is 26.1. The Bertz CT molecular complexity index is 1660.